The third-order valence-electron chi connectivity index (χ3n) is 3.35. The minimum atomic E-state index is -0.268. The Kier molecular flexibility index (Phi) is 3.90. The first kappa shape index (κ1) is 14.0. The Morgan fingerprint density at radius 2 is 2.05 bits per heavy atom. The van der Waals surface area contributed by atoms with Crippen LogP contribution in [0.1, 0.15) is 39.9 Å². The molecule has 0 aliphatic carbocycles. The first-order valence-electron chi connectivity index (χ1n) is 6.91. The van der Waals surface area contributed by atoms with Crippen molar-refractivity contribution in [1.29, 1.82) is 0 Å². The summed E-state index contributed by atoms with van der Waals surface area (Å²) in [5.74, 6) is 0.650. The van der Waals surface area contributed by atoms with Gasteiger partial charge in [0, 0.05) is 6.54 Å². The number of hydrogen-bond acceptors (Lipinski definition) is 2. The number of fused-ring (bicyclic) bond motifs is 1. The first-order valence-corrected chi connectivity index (χ1v) is 6.91. The van der Waals surface area contributed by atoms with Gasteiger partial charge < -0.3 is 9.88 Å². The number of rotatable bonds is 5. The van der Waals surface area contributed by atoms with Gasteiger partial charge in [0.25, 0.3) is 0 Å². The predicted octanol–water partition coefficient (Wildman–Crippen LogP) is 3.43. The molecule has 0 radical (unpaired) electrons. The molecule has 1 heterocycles. The lowest BCUT2D eigenvalue weighted by Crippen LogP contribution is -2.39. The van der Waals surface area contributed by atoms with E-state index in [0.717, 1.165) is 30.9 Å². The molecule has 1 aromatic carbocycles. The highest BCUT2D eigenvalue weighted by Gasteiger charge is 2.27. The fourth-order valence-corrected chi connectivity index (χ4v) is 2.56. The monoisotopic (exact) mass is 263 g/mol. The normalized spacial score (nSPS) is 12.3. The zero-order valence-corrected chi connectivity index (χ0v) is 12.1. The molecule has 0 bridgehead atoms. The van der Waals surface area contributed by atoms with Crippen LogP contribution in [0.15, 0.2) is 18.2 Å². The number of imidazole rings is 1. The van der Waals surface area contributed by atoms with E-state index in [2.05, 4.69) is 42.6 Å². The molecule has 1 aromatic heterocycles. The fraction of sp³-hybridized carbons (Fsp3) is 0.533. The van der Waals surface area contributed by atoms with Gasteiger partial charge in [-0.25, -0.2) is 9.37 Å². The molecule has 0 aliphatic rings. The molecule has 4 heteroatoms. The van der Waals surface area contributed by atoms with E-state index in [1.54, 1.807) is 6.07 Å². The molecular weight excluding hydrogens is 241 g/mol. The third-order valence-corrected chi connectivity index (χ3v) is 3.35. The third kappa shape index (κ3) is 2.50. The van der Waals surface area contributed by atoms with Crippen LogP contribution in [0.2, 0.25) is 0 Å². The average molecular weight is 263 g/mol. The van der Waals surface area contributed by atoms with Gasteiger partial charge in [-0.3, -0.25) is 0 Å². The number of nitrogens with zero attached hydrogens (tertiary/aromatic N) is 2. The van der Waals surface area contributed by atoms with E-state index in [4.69, 9.17) is 0 Å². The van der Waals surface area contributed by atoms with Gasteiger partial charge in [-0.1, -0.05) is 19.9 Å². The van der Waals surface area contributed by atoms with Gasteiger partial charge in [0.1, 0.15) is 11.3 Å². The molecule has 0 amide bonds. The number of para-hydroxylation sites is 1. The predicted molar refractivity (Wildman–Crippen MR) is 76.7 cm³/mol. The van der Waals surface area contributed by atoms with Gasteiger partial charge in [-0.15, -0.1) is 0 Å². The number of benzene rings is 1. The van der Waals surface area contributed by atoms with E-state index in [1.807, 2.05) is 6.07 Å². The molecule has 0 saturated heterocycles. The molecule has 2 rings (SSSR count). The van der Waals surface area contributed by atoms with Crippen molar-refractivity contribution in [3.05, 3.63) is 29.8 Å². The zero-order chi connectivity index (χ0) is 14.0. The van der Waals surface area contributed by atoms with E-state index < -0.39 is 0 Å². The maximum atomic E-state index is 13.9. The number of nitrogens with one attached hydrogen (secondary N) is 1. The van der Waals surface area contributed by atoms with Gasteiger partial charge in [-0.2, -0.15) is 0 Å². The van der Waals surface area contributed by atoms with Crippen molar-refractivity contribution in [1.82, 2.24) is 14.9 Å². The molecule has 0 atom stereocenters. The number of aryl methyl sites for hydroxylation is 1. The first-order chi connectivity index (χ1) is 9.01. The molecule has 2 aromatic rings. The maximum Gasteiger partial charge on any atom is 0.151 e. The number of hydrogen-bond donors (Lipinski definition) is 1. The lowest BCUT2D eigenvalue weighted by Gasteiger charge is -2.26. The summed E-state index contributed by atoms with van der Waals surface area (Å²) >= 11 is 0. The fourth-order valence-electron chi connectivity index (χ4n) is 2.56. The molecule has 1 N–H and O–H groups in total. The lowest BCUT2D eigenvalue weighted by atomic mass is 10.0. The standard InChI is InChI=1S/C15H22FN3/c1-5-10-19-12-9-7-8-11(16)13(12)18-14(19)15(3,4)17-6-2/h7-9,17H,5-6,10H2,1-4H3. The van der Waals surface area contributed by atoms with Crippen molar-refractivity contribution in [2.24, 2.45) is 0 Å². The second-order valence-corrected chi connectivity index (χ2v) is 5.35. The Bertz CT molecular complexity index is 572. The summed E-state index contributed by atoms with van der Waals surface area (Å²) < 4.78 is 16.0. The van der Waals surface area contributed by atoms with Crippen LogP contribution in [-0.4, -0.2) is 16.1 Å². The lowest BCUT2D eigenvalue weighted by molar-refractivity contribution is 0.374. The van der Waals surface area contributed by atoms with E-state index in [0.29, 0.717) is 5.52 Å². The van der Waals surface area contributed by atoms with E-state index in [1.165, 1.54) is 6.07 Å². The highest BCUT2D eigenvalue weighted by Crippen LogP contribution is 2.26. The van der Waals surface area contributed by atoms with Crippen LogP contribution in [0.25, 0.3) is 11.0 Å². The molecule has 104 valence electrons. The Labute approximate surface area is 113 Å². The summed E-state index contributed by atoms with van der Waals surface area (Å²) in [6.45, 7) is 10.1. The van der Waals surface area contributed by atoms with Gasteiger partial charge in [0.05, 0.1) is 11.1 Å². The van der Waals surface area contributed by atoms with Gasteiger partial charge in [0.15, 0.2) is 5.82 Å². The maximum absolute atomic E-state index is 13.9. The highest BCUT2D eigenvalue weighted by atomic mass is 19.1. The molecule has 0 unspecified atom stereocenters. The van der Waals surface area contributed by atoms with Crippen molar-refractivity contribution in [3.8, 4) is 0 Å². The van der Waals surface area contributed by atoms with Crippen molar-refractivity contribution in [2.75, 3.05) is 6.54 Å². The molecule has 0 fully saturated rings. The van der Waals surface area contributed by atoms with Crippen LogP contribution in [0, 0.1) is 5.82 Å². The summed E-state index contributed by atoms with van der Waals surface area (Å²) in [7, 11) is 0. The summed E-state index contributed by atoms with van der Waals surface area (Å²) in [6, 6.07) is 5.15. The van der Waals surface area contributed by atoms with E-state index >= 15 is 0 Å². The zero-order valence-electron chi connectivity index (χ0n) is 12.1. The average Bonchev–Trinajstić information content (AvgIpc) is 2.71. The molecule has 0 spiro atoms. The van der Waals surface area contributed by atoms with Crippen LogP contribution < -0.4 is 5.32 Å². The van der Waals surface area contributed by atoms with E-state index in [-0.39, 0.29) is 11.4 Å². The second kappa shape index (κ2) is 5.29. The van der Waals surface area contributed by atoms with Crippen LogP contribution in [0.3, 0.4) is 0 Å². The highest BCUT2D eigenvalue weighted by molar-refractivity contribution is 5.77. The van der Waals surface area contributed by atoms with Gasteiger partial charge in [-0.05, 0) is 38.9 Å². The smallest absolute Gasteiger partial charge is 0.151 e. The molecular formula is C15H22FN3. The number of halogens is 1. The van der Waals surface area contributed by atoms with Crippen molar-refractivity contribution < 1.29 is 4.39 Å². The largest absolute Gasteiger partial charge is 0.326 e. The van der Waals surface area contributed by atoms with Gasteiger partial charge in [0.2, 0.25) is 0 Å². The Balaban J connectivity index is 2.65. The van der Waals surface area contributed by atoms with Crippen molar-refractivity contribution in [2.45, 2.75) is 46.2 Å². The minimum Gasteiger partial charge on any atom is -0.326 e. The quantitative estimate of drug-likeness (QED) is 0.895. The van der Waals surface area contributed by atoms with Crippen LogP contribution in [-0.2, 0) is 12.1 Å². The molecule has 0 saturated carbocycles. The topological polar surface area (TPSA) is 29.9 Å². The SMILES string of the molecule is CCCn1c(C(C)(C)NCC)nc2c(F)cccc21. The summed E-state index contributed by atoms with van der Waals surface area (Å²) in [6.07, 6.45) is 0.997. The Morgan fingerprint density at radius 1 is 1.32 bits per heavy atom. The Hall–Kier alpha value is -1.42. The Morgan fingerprint density at radius 3 is 2.68 bits per heavy atom. The minimum absolute atomic E-state index is 0.249. The van der Waals surface area contributed by atoms with Crippen LogP contribution in [0.4, 0.5) is 4.39 Å². The molecule has 3 nitrogen and oxygen atoms in total. The van der Waals surface area contributed by atoms with Crippen LogP contribution >= 0.6 is 0 Å². The molecule has 19 heavy (non-hydrogen) atoms. The summed E-state index contributed by atoms with van der Waals surface area (Å²) in [5.41, 5.74) is 1.08. The van der Waals surface area contributed by atoms with Gasteiger partial charge >= 0.3 is 0 Å². The second-order valence-electron chi connectivity index (χ2n) is 5.35. The van der Waals surface area contributed by atoms with Crippen molar-refractivity contribution >= 4 is 11.0 Å². The van der Waals surface area contributed by atoms with Crippen LogP contribution in [0.5, 0.6) is 0 Å². The number of aromatic nitrogens is 2. The summed E-state index contributed by atoms with van der Waals surface area (Å²) in [5, 5.41) is 3.41. The molecule has 0 aliphatic heterocycles. The van der Waals surface area contributed by atoms with E-state index in [9.17, 15) is 4.39 Å². The summed E-state index contributed by atoms with van der Waals surface area (Å²) in [4.78, 5) is 4.55. The van der Waals surface area contributed by atoms with Crippen molar-refractivity contribution in [3.63, 3.8) is 0 Å².